The molecule has 3 aromatic rings. The summed E-state index contributed by atoms with van der Waals surface area (Å²) in [5.41, 5.74) is -0.434. The summed E-state index contributed by atoms with van der Waals surface area (Å²) in [4.78, 5) is 69.5. The number of hydrogen-bond acceptors (Lipinski definition) is 10. The predicted octanol–water partition coefficient (Wildman–Crippen LogP) is 2.01. The maximum atomic E-state index is 14.2. The van der Waals surface area contributed by atoms with E-state index in [9.17, 15) is 24.0 Å². The predicted molar refractivity (Wildman–Crippen MR) is 197 cm³/mol. The molecular formula is C39H47N5O10. The van der Waals surface area contributed by atoms with Gasteiger partial charge in [0, 0.05) is 44.5 Å². The molecule has 3 atom stereocenters. The fourth-order valence-corrected chi connectivity index (χ4v) is 6.27. The number of carbonyl (C=O) groups excluding carboxylic acids is 5. The van der Waals surface area contributed by atoms with Crippen LogP contribution in [0, 0.1) is 0 Å². The second-order valence-electron chi connectivity index (χ2n) is 13.1. The molecule has 5 amide bonds. The SMILES string of the molecule is COc1cc(OC)c(C(=O)N2CCC3(CC2)Oc2ccc(cc2)OCCNC(=O)[C@H](C)NC(=O)[C@H](Cc2ccccc2)NC(=O)[C@H](C)NC3=O)cc1OC. The van der Waals surface area contributed by atoms with Crippen molar-refractivity contribution in [1.29, 1.82) is 0 Å². The Morgan fingerprint density at radius 3 is 2.02 bits per heavy atom. The van der Waals surface area contributed by atoms with E-state index in [4.69, 9.17) is 23.7 Å². The minimum absolute atomic E-state index is 0.0867. The van der Waals surface area contributed by atoms with E-state index in [1.54, 1.807) is 48.2 Å². The monoisotopic (exact) mass is 745 g/mol. The van der Waals surface area contributed by atoms with Crippen molar-refractivity contribution in [2.75, 3.05) is 47.6 Å². The summed E-state index contributed by atoms with van der Waals surface area (Å²) in [6, 6.07) is 15.9. The fourth-order valence-electron chi connectivity index (χ4n) is 6.27. The zero-order valence-electron chi connectivity index (χ0n) is 31.1. The number of nitrogens with zero attached hydrogens (tertiary/aromatic N) is 1. The first-order chi connectivity index (χ1) is 26.0. The Morgan fingerprint density at radius 1 is 0.759 bits per heavy atom. The van der Waals surface area contributed by atoms with Crippen molar-refractivity contribution in [3.63, 3.8) is 0 Å². The van der Waals surface area contributed by atoms with Gasteiger partial charge in [-0.2, -0.15) is 0 Å². The largest absolute Gasteiger partial charge is 0.496 e. The Bertz CT molecular complexity index is 1810. The lowest BCUT2D eigenvalue weighted by molar-refractivity contribution is -0.143. The molecule has 2 bridgehead atoms. The third-order valence-corrected chi connectivity index (χ3v) is 9.42. The molecule has 3 aliphatic rings. The molecule has 54 heavy (non-hydrogen) atoms. The molecule has 0 aliphatic carbocycles. The molecule has 15 nitrogen and oxygen atoms in total. The van der Waals surface area contributed by atoms with Crippen LogP contribution in [-0.4, -0.2) is 106 Å². The summed E-state index contributed by atoms with van der Waals surface area (Å²) >= 11 is 0. The summed E-state index contributed by atoms with van der Waals surface area (Å²) in [7, 11) is 4.41. The normalized spacial score (nSPS) is 21.0. The van der Waals surface area contributed by atoms with Crippen LogP contribution < -0.4 is 45.0 Å². The molecule has 0 aromatic heterocycles. The van der Waals surface area contributed by atoms with Crippen LogP contribution in [0.5, 0.6) is 28.7 Å². The number of piperidine rings is 1. The minimum atomic E-state index is -1.48. The van der Waals surface area contributed by atoms with E-state index in [0.29, 0.717) is 28.7 Å². The molecule has 15 heteroatoms. The standard InChI is InChI=1S/C39H47N5O10/c1-24-34(45)40-17-20-53-27-11-13-28(14-12-27)54-39(15-18-44(19-16-39)37(48)29-22-32(51-4)33(52-5)23-31(29)50-3)38(49)42-25(2)35(46)43-30(36(47)41-24)21-26-9-7-6-8-10-26/h6-14,22-25,30H,15-21H2,1-5H3,(H,40,45)(H,41,47)(H,42,49)(H,43,46)/t24-,25-,30-/m0/s1. The van der Waals surface area contributed by atoms with Gasteiger partial charge in [-0.3, -0.25) is 24.0 Å². The highest BCUT2D eigenvalue weighted by Crippen LogP contribution is 2.37. The third-order valence-electron chi connectivity index (χ3n) is 9.42. The molecule has 1 spiro atoms. The highest BCUT2D eigenvalue weighted by Gasteiger charge is 2.46. The van der Waals surface area contributed by atoms with Crippen molar-refractivity contribution in [3.8, 4) is 28.7 Å². The van der Waals surface area contributed by atoms with Crippen molar-refractivity contribution in [2.24, 2.45) is 0 Å². The minimum Gasteiger partial charge on any atom is -0.496 e. The number of likely N-dealkylation sites (tertiary alicyclic amines) is 1. The maximum Gasteiger partial charge on any atom is 0.264 e. The second kappa shape index (κ2) is 17.7. The van der Waals surface area contributed by atoms with Crippen LogP contribution in [0.15, 0.2) is 66.7 Å². The number of rotatable bonds is 6. The first-order valence-corrected chi connectivity index (χ1v) is 17.7. The van der Waals surface area contributed by atoms with E-state index in [1.807, 2.05) is 30.3 Å². The molecule has 6 rings (SSSR count). The maximum absolute atomic E-state index is 14.2. The van der Waals surface area contributed by atoms with Crippen LogP contribution >= 0.6 is 0 Å². The molecule has 0 unspecified atom stereocenters. The van der Waals surface area contributed by atoms with E-state index < -0.39 is 47.4 Å². The van der Waals surface area contributed by atoms with E-state index in [2.05, 4.69) is 21.3 Å². The van der Waals surface area contributed by atoms with Gasteiger partial charge in [-0.1, -0.05) is 30.3 Å². The van der Waals surface area contributed by atoms with Crippen molar-refractivity contribution >= 4 is 29.5 Å². The molecular weight excluding hydrogens is 698 g/mol. The van der Waals surface area contributed by atoms with Crippen LogP contribution in [-0.2, 0) is 25.6 Å². The van der Waals surface area contributed by atoms with Crippen molar-refractivity contribution in [2.45, 2.75) is 56.8 Å². The van der Waals surface area contributed by atoms with Crippen LogP contribution in [0.3, 0.4) is 0 Å². The van der Waals surface area contributed by atoms with Gasteiger partial charge in [0.25, 0.3) is 11.8 Å². The number of benzene rings is 3. The van der Waals surface area contributed by atoms with Gasteiger partial charge < -0.3 is 49.9 Å². The summed E-state index contributed by atoms with van der Waals surface area (Å²) in [6.07, 6.45) is 0.311. The smallest absolute Gasteiger partial charge is 0.264 e. The zero-order valence-corrected chi connectivity index (χ0v) is 31.1. The molecule has 288 valence electrons. The molecule has 4 N–H and O–H groups in total. The van der Waals surface area contributed by atoms with Crippen molar-refractivity contribution in [3.05, 3.63) is 77.9 Å². The van der Waals surface area contributed by atoms with Crippen LogP contribution in [0.1, 0.15) is 42.6 Å². The quantitative estimate of drug-likeness (QED) is 0.273. The van der Waals surface area contributed by atoms with E-state index in [-0.39, 0.29) is 57.0 Å². The highest BCUT2D eigenvalue weighted by molar-refractivity contribution is 5.99. The van der Waals surface area contributed by atoms with E-state index >= 15 is 0 Å². The van der Waals surface area contributed by atoms with Gasteiger partial charge in [-0.05, 0) is 43.7 Å². The Morgan fingerprint density at radius 2 is 1.37 bits per heavy atom. The number of ether oxygens (including phenoxy) is 5. The van der Waals surface area contributed by atoms with Crippen LogP contribution in [0.2, 0.25) is 0 Å². The Balaban J connectivity index is 1.40. The average Bonchev–Trinajstić information content (AvgIpc) is 3.19. The van der Waals surface area contributed by atoms with Gasteiger partial charge in [-0.15, -0.1) is 0 Å². The number of methoxy groups -OCH3 is 3. The molecule has 0 radical (unpaired) electrons. The van der Waals surface area contributed by atoms with Gasteiger partial charge >= 0.3 is 0 Å². The van der Waals surface area contributed by atoms with E-state index in [1.165, 1.54) is 28.3 Å². The molecule has 3 heterocycles. The fraction of sp³-hybridized carbons (Fsp3) is 0.410. The van der Waals surface area contributed by atoms with Gasteiger partial charge in [-0.25, -0.2) is 0 Å². The number of nitrogens with one attached hydrogen (secondary N) is 4. The highest BCUT2D eigenvalue weighted by atomic mass is 16.5. The first kappa shape index (κ1) is 39.2. The molecule has 3 aromatic carbocycles. The van der Waals surface area contributed by atoms with Crippen molar-refractivity contribution < 1.29 is 47.7 Å². The number of fused-ring (bicyclic) bond motifs is 15. The zero-order chi connectivity index (χ0) is 38.8. The van der Waals surface area contributed by atoms with Gasteiger partial charge in [0.05, 0.1) is 33.4 Å². The first-order valence-electron chi connectivity index (χ1n) is 17.7. The van der Waals surface area contributed by atoms with E-state index in [0.717, 1.165) is 5.56 Å². The van der Waals surface area contributed by atoms with Gasteiger partial charge in [0.1, 0.15) is 42.0 Å². The lowest BCUT2D eigenvalue weighted by Gasteiger charge is -2.41. The number of carbonyl (C=O) groups is 5. The Hall–Kier alpha value is -5.99. The lowest BCUT2D eigenvalue weighted by Crippen LogP contribution is -2.61. The average molecular weight is 746 g/mol. The molecule has 1 saturated heterocycles. The van der Waals surface area contributed by atoms with Gasteiger partial charge in [0.2, 0.25) is 17.7 Å². The summed E-state index contributed by atoms with van der Waals surface area (Å²) < 4.78 is 28.5. The topological polar surface area (TPSA) is 183 Å². The Kier molecular flexibility index (Phi) is 12.8. The molecule has 3 aliphatic heterocycles. The third kappa shape index (κ3) is 9.32. The summed E-state index contributed by atoms with van der Waals surface area (Å²) in [5.74, 6) is -0.574. The molecule has 0 saturated carbocycles. The summed E-state index contributed by atoms with van der Waals surface area (Å²) in [6.45, 7) is 3.65. The second-order valence-corrected chi connectivity index (χ2v) is 13.1. The van der Waals surface area contributed by atoms with Crippen LogP contribution in [0.25, 0.3) is 0 Å². The van der Waals surface area contributed by atoms with Gasteiger partial charge in [0.15, 0.2) is 17.1 Å². The lowest BCUT2D eigenvalue weighted by atomic mass is 9.89. The van der Waals surface area contributed by atoms with Crippen molar-refractivity contribution in [1.82, 2.24) is 26.2 Å². The van der Waals surface area contributed by atoms with Crippen LogP contribution in [0.4, 0.5) is 0 Å². The number of amides is 5. The Labute approximate surface area is 314 Å². The molecule has 1 fully saturated rings. The number of hydrogen-bond donors (Lipinski definition) is 4. The summed E-state index contributed by atoms with van der Waals surface area (Å²) in [5, 5.41) is 11.0.